The van der Waals surface area contributed by atoms with Crippen LogP contribution in [-0.4, -0.2) is 43.0 Å². The highest BCUT2D eigenvalue weighted by Crippen LogP contribution is 2.44. The van der Waals surface area contributed by atoms with Gasteiger partial charge in [0, 0.05) is 17.3 Å². The summed E-state index contributed by atoms with van der Waals surface area (Å²) in [6, 6.07) is 12.8. The zero-order valence-electron chi connectivity index (χ0n) is 15.6. The molecule has 148 valence electrons. The Kier molecular flexibility index (Phi) is 4.51. The lowest BCUT2D eigenvalue weighted by atomic mass is 9.95. The monoisotopic (exact) mass is 414 g/mol. The van der Waals surface area contributed by atoms with Crippen LogP contribution in [0.1, 0.15) is 21.3 Å². The Morgan fingerprint density at radius 2 is 1.86 bits per heavy atom. The quantitative estimate of drug-likeness (QED) is 0.505. The van der Waals surface area contributed by atoms with Crippen LogP contribution in [0.15, 0.2) is 53.1 Å². The Hall–Kier alpha value is -2.52. The van der Waals surface area contributed by atoms with Crippen LogP contribution >= 0.6 is 11.8 Å². The number of piperazine rings is 1. The molecule has 0 saturated carbocycles. The van der Waals surface area contributed by atoms with E-state index in [1.807, 2.05) is 30.3 Å². The van der Waals surface area contributed by atoms with Gasteiger partial charge in [-0.3, -0.25) is 9.69 Å². The largest absolute Gasteiger partial charge is 0.477 e. The van der Waals surface area contributed by atoms with Crippen LogP contribution in [0.4, 0.5) is 15.8 Å². The molecule has 3 heterocycles. The van der Waals surface area contributed by atoms with E-state index in [1.165, 1.54) is 17.8 Å². The fourth-order valence-electron chi connectivity index (χ4n) is 4.40. The van der Waals surface area contributed by atoms with Crippen molar-refractivity contribution in [1.82, 2.24) is 0 Å². The number of rotatable bonds is 3. The number of quaternary nitrogens is 3. The van der Waals surface area contributed by atoms with E-state index in [0.717, 1.165) is 41.5 Å². The van der Waals surface area contributed by atoms with Crippen molar-refractivity contribution in [3.05, 3.63) is 70.0 Å². The molecule has 2 aromatic rings. The molecule has 29 heavy (non-hydrogen) atoms. The Balaban J connectivity index is 1.64. The van der Waals surface area contributed by atoms with Crippen molar-refractivity contribution in [2.24, 2.45) is 0 Å². The van der Waals surface area contributed by atoms with E-state index in [-0.39, 0.29) is 16.5 Å². The molecule has 2 unspecified atom stereocenters. The van der Waals surface area contributed by atoms with Crippen LogP contribution in [0, 0.1) is 5.82 Å². The molecule has 2 atom stereocenters. The van der Waals surface area contributed by atoms with E-state index in [1.54, 1.807) is 6.07 Å². The second-order valence-corrected chi connectivity index (χ2v) is 8.62. The Morgan fingerprint density at radius 1 is 1.14 bits per heavy atom. The third kappa shape index (κ3) is 2.91. The van der Waals surface area contributed by atoms with E-state index in [9.17, 15) is 19.1 Å². The first-order chi connectivity index (χ1) is 14.1. The molecule has 0 bridgehead atoms. The molecule has 0 aliphatic carbocycles. The summed E-state index contributed by atoms with van der Waals surface area (Å²) in [5.74, 6) is -2.29. The molecule has 8 heteroatoms. The predicted molar refractivity (Wildman–Crippen MR) is 105 cm³/mol. The average Bonchev–Trinajstić information content (AvgIpc) is 2.71. The molecule has 0 aromatic heterocycles. The van der Waals surface area contributed by atoms with Crippen LogP contribution in [0.2, 0.25) is 0 Å². The maximum atomic E-state index is 15.0. The maximum Gasteiger partial charge on any atom is 0.346 e. The van der Waals surface area contributed by atoms with Gasteiger partial charge in [0.15, 0.2) is 33.2 Å². The topological polar surface area (TPSA) is 79.9 Å². The van der Waals surface area contributed by atoms with E-state index in [0.29, 0.717) is 16.4 Å². The number of nitrogens with one attached hydrogen (secondary N) is 2. The first-order valence-electron chi connectivity index (χ1n) is 9.68. The van der Waals surface area contributed by atoms with Gasteiger partial charge in [0.1, 0.15) is 26.2 Å². The normalized spacial score (nSPS) is 24.0. The van der Waals surface area contributed by atoms with Crippen LogP contribution in [0.25, 0.3) is 0 Å². The van der Waals surface area contributed by atoms with Crippen LogP contribution in [-0.2, 0) is 4.79 Å². The SMILES string of the molecule is O=C(O)C1=C2SC(c3ccccc3)[NH+]2c2cc([NH+]3CC[NH2+]CC3)c(F)cc2C1=O. The van der Waals surface area contributed by atoms with Crippen molar-refractivity contribution in [2.45, 2.75) is 5.37 Å². The molecular formula is C21H21FN3O3S+3. The number of carboxylic acid groups (broad SMARTS) is 1. The maximum absolute atomic E-state index is 15.0. The van der Waals surface area contributed by atoms with Gasteiger partial charge in [0.05, 0.1) is 11.6 Å². The summed E-state index contributed by atoms with van der Waals surface area (Å²) in [6.45, 7) is 3.49. The summed E-state index contributed by atoms with van der Waals surface area (Å²) >= 11 is 1.40. The Bertz CT molecular complexity index is 1050. The number of thioether (sulfide) groups is 1. The molecule has 2 saturated heterocycles. The lowest BCUT2D eigenvalue weighted by Crippen LogP contribution is -3.17. The van der Waals surface area contributed by atoms with Gasteiger partial charge >= 0.3 is 5.97 Å². The number of aliphatic carboxylic acids is 1. The molecule has 3 aliphatic heterocycles. The van der Waals surface area contributed by atoms with Crippen molar-refractivity contribution < 1.29 is 34.2 Å². The second-order valence-electron chi connectivity index (χ2n) is 7.51. The number of hydrogen-bond acceptors (Lipinski definition) is 3. The molecular weight excluding hydrogens is 393 g/mol. The zero-order chi connectivity index (χ0) is 20.1. The zero-order valence-corrected chi connectivity index (χ0v) is 16.4. The molecule has 2 fully saturated rings. The summed E-state index contributed by atoms with van der Waals surface area (Å²) in [6.07, 6.45) is 0. The smallest absolute Gasteiger partial charge is 0.346 e. The van der Waals surface area contributed by atoms with Gasteiger partial charge in [-0.05, 0) is 6.07 Å². The standard InChI is InChI=1S/C21H18FN3O3S/c22-14-10-13-15(11-16(14)24-8-6-23-7-9-24)25-19(12-4-2-1-3-5-12)29-20(25)17(18(13)26)21(27)28/h1-5,10-11,19,23H,6-9H2,(H,27,28)/p+3. The lowest BCUT2D eigenvalue weighted by Gasteiger charge is -2.41. The fraction of sp³-hybridized carbons (Fsp3) is 0.238. The van der Waals surface area contributed by atoms with E-state index in [2.05, 4.69) is 5.32 Å². The summed E-state index contributed by atoms with van der Waals surface area (Å²) in [4.78, 5) is 26.6. The minimum atomic E-state index is -1.26. The predicted octanol–water partition coefficient (Wildman–Crippen LogP) is -0.626. The van der Waals surface area contributed by atoms with E-state index >= 15 is 0 Å². The third-order valence-electron chi connectivity index (χ3n) is 5.84. The molecule has 0 amide bonds. The number of carbonyl (C=O) groups is 2. The minimum Gasteiger partial charge on any atom is -0.477 e. The van der Waals surface area contributed by atoms with Crippen LogP contribution in [0.3, 0.4) is 0 Å². The Morgan fingerprint density at radius 3 is 2.55 bits per heavy atom. The summed E-state index contributed by atoms with van der Waals surface area (Å²) in [7, 11) is 0. The van der Waals surface area contributed by atoms with Gasteiger partial charge in [-0.15, -0.1) is 0 Å². The van der Waals surface area contributed by atoms with Crippen LogP contribution in [0.5, 0.6) is 0 Å². The van der Waals surface area contributed by atoms with Gasteiger partial charge in [-0.2, -0.15) is 0 Å². The molecule has 3 aliphatic rings. The van der Waals surface area contributed by atoms with E-state index in [4.69, 9.17) is 0 Å². The number of carboxylic acids is 1. The number of ketones is 1. The third-order valence-corrected chi connectivity index (χ3v) is 7.24. The number of benzene rings is 2. The fourth-order valence-corrected chi connectivity index (χ4v) is 5.76. The highest BCUT2D eigenvalue weighted by Gasteiger charge is 2.53. The minimum absolute atomic E-state index is 0.0598. The van der Waals surface area contributed by atoms with Crippen molar-refractivity contribution >= 4 is 34.9 Å². The molecule has 0 spiro atoms. The first-order valence-corrected chi connectivity index (χ1v) is 10.6. The van der Waals surface area contributed by atoms with Gasteiger partial charge in [0.25, 0.3) is 0 Å². The molecule has 0 radical (unpaired) electrons. The van der Waals surface area contributed by atoms with Crippen molar-refractivity contribution in [3.63, 3.8) is 0 Å². The number of nitrogens with two attached hydrogens (primary N) is 1. The first kappa shape index (κ1) is 18.5. The highest BCUT2D eigenvalue weighted by molar-refractivity contribution is 8.04. The van der Waals surface area contributed by atoms with Crippen molar-refractivity contribution in [3.8, 4) is 0 Å². The average molecular weight is 414 g/mol. The molecule has 5 rings (SSSR count). The summed E-state index contributed by atoms with van der Waals surface area (Å²) < 4.78 is 15.0. The van der Waals surface area contributed by atoms with Gasteiger partial charge in [-0.1, -0.05) is 30.3 Å². The number of halogens is 1. The highest BCUT2D eigenvalue weighted by atomic mass is 32.2. The van der Waals surface area contributed by atoms with Gasteiger partial charge in [0.2, 0.25) is 5.78 Å². The number of carbonyl (C=O) groups excluding carboxylic acids is 1. The molecule has 2 aromatic carbocycles. The van der Waals surface area contributed by atoms with Crippen molar-refractivity contribution in [2.75, 3.05) is 26.2 Å². The number of fused-ring (bicyclic) bond motifs is 3. The lowest BCUT2D eigenvalue weighted by molar-refractivity contribution is -0.896. The molecule has 6 nitrogen and oxygen atoms in total. The van der Waals surface area contributed by atoms with E-state index < -0.39 is 17.6 Å². The van der Waals surface area contributed by atoms with Gasteiger partial charge < -0.3 is 10.4 Å². The van der Waals surface area contributed by atoms with Crippen molar-refractivity contribution in [1.29, 1.82) is 0 Å². The summed E-state index contributed by atoms with van der Waals surface area (Å²) in [5.41, 5.74) is 2.22. The second kappa shape index (κ2) is 7.07. The Labute approximate surface area is 171 Å². The number of Topliss-reactive ketones (excluding diaryl/α,β-unsaturated/α-hetero) is 1. The molecule has 5 N–H and O–H groups in total. The van der Waals surface area contributed by atoms with Crippen LogP contribution < -0.4 is 15.1 Å². The summed E-state index contributed by atoms with van der Waals surface area (Å²) in [5, 5.41) is 12.3. The number of hydrogen-bond donors (Lipinski definition) is 4. The van der Waals surface area contributed by atoms with Gasteiger partial charge in [-0.25, -0.2) is 14.1 Å².